The van der Waals surface area contributed by atoms with Gasteiger partial charge in [0.2, 0.25) is 0 Å². The third kappa shape index (κ3) is 4.26. The molecule has 1 aliphatic rings. The molecular formula is C20H22N2. The second-order valence-corrected chi connectivity index (χ2v) is 5.53. The number of allylic oxidation sites excluding steroid dienone is 3. The average molecular weight is 290 g/mol. The Morgan fingerprint density at radius 2 is 1.41 bits per heavy atom. The van der Waals surface area contributed by atoms with Crippen LogP contribution in [0.2, 0.25) is 0 Å². The SMILES string of the molecule is C1=CC(NCc2ccc(CNc3ccccc3)cc2)=CCC1. The minimum absolute atomic E-state index is 0.853. The largest absolute Gasteiger partial charge is 0.381 e. The molecule has 1 aliphatic carbocycles. The van der Waals surface area contributed by atoms with Crippen molar-refractivity contribution in [1.29, 1.82) is 0 Å². The fourth-order valence-electron chi connectivity index (χ4n) is 2.48. The summed E-state index contributed by atoms with van der Waals surface area (Å²) in [5.41, 5.74) is 5.00. The van der Waals surface area contributed by atoms with Gasteiger partial charge < -0.3 is 10.6 Å². The molecule has 2 aromatic rings. The summed E-state index contributed by atoms with van der Waals surface area (Å²) >= 11 is 0. The number of benzene rings is 2. The van der Waals surface area contributed by atoms with Gasteiger partial charge >= 0.3 is 0 Å². The Labute approximate surface area is 132 Å². The summed E-state index contributed by atoms with van der Waals surface area (Å²) in [5, 5.41) is 6.90. The van der Waals surface area contributed by atoms with Crippen molar-refractivity contribution in [3.8, 4) is 0 Å². The molecule has 0 amide bonds. The normalized spacial score (nSPS) is 13.5. The summed E-state index contributed by atoms with van der Waals surface area (Å²) in [6.07, 6.45) is 8.96. The van der Waals surface area contributed by atoms with Gasteiger partial charge in [-0.2, -0.15) is 0 Å². The Balaban J connectivity index is 1.49. The van der Waals surface area contributed by atoms with Gasteiger partial charge in [-0.15, -0.1) is 0 Å². The van der Waals surface area contributed by atoms with E-state index in [9.17, 15) is 0 Å². The lowest BCUT2D eigenvalue weighted by Gasteiger charge is -2.11. The third-order valence-electron chi connectivity index (χ3n) is 3.79. The zero-order chi connectivity index (χ0) is 15.0. The molecule has 0 fully saturated rings. The van der Waals surface area contributed by atoms with E-state index in [4.69, 9.17) is 0 Å². The van der Waals surface area contributed by atoms with Crippen molar-refractivity contribution in [1.82, 2.24) is 5.32 Å². The van der Waals surface area contributed by atoms with Gasteiger partial charge in [0.15, 0.2) is 0 Å². The minimum Gasteiger partial charge on any atom is -0.381 e. The Hall–Kier alpha value is -2.48. The number of nitrogens with one attached hydrogen (secondary N) is 2. The van der Waals surface area contributed by atoms with Crippen molar-refractivity contribution in [2.24, 2.45) is 0 Å². The van der Waals surface area contributed by atoms with Gasteiger partial charge in [-0.05, 0) is 42.2 Å². The molecule has 0 heterocycles. The van der Waals surface area contributed by atoms with Gasteiger partial charge in [-0.3, -0.25) is 0 Å². The van der Waals surface area contributed by atoms with E-state index in [2.05, 4.69) is 65.3 Å². The predicted molar refractivity (Wildman–Crippen MR) is 93.5 cm³/mol. The first-order valence-electron chi connectivity index (χ1n) is 7.87. The summed E-state index contributed by atoms with van der Waals surface area (Å²) in [5.74, 6) is 0. The lowest BCUT2D eigenvalue weighted by atomic mass is 10.1. The molecule has 0 saturated heterocycles. The monoisotopic (exact) mass is 290 g/mol. The summed E-state index contributed by atoms with van der Waals surface area (Å²) in [6, 6.07) is 19.1. The molecule has 0 bridgehead atoms. The van der Waals surface area contributed by atoms with Gasteiger partial charge in [-0.1, -0.05) is 54.6 Å². The van der Waals surface area contributed by atoms with Crippen LogP contribution in [0.15, 0.2) is 78.5 Å². The van der Waals surface area contributed by atoms with Crippen LogP contribution in [-0.2, 0) is 13.1 Å². The molecule has 0 aliphatic heterocycles. The quantitative estimate of drug-likeness (QED) is 0.811. The van der Waals surface area contributed by atoms with E-state index >= 15 is 0 Å². The fourth-order valence-corrected chi connectivity index (χ4v) is 2.48. The standard InChI is InChI=1S/C20H22N2/c1-3-7-19(8-4-1)21-15-17-11-13-18(14-12-17)16-22-20-9-5-2-6-10-20/h1,3-5,7-14,21-22H,2,6,15-16H2. The summed E-state index contributed by atoms with van der Waals surface area (Å²) in [4.78, 5) is 0. The zero-order valence-corrected chi connectivity index (χ0v) is 12.8. The highest BCUT2D eigenvalue weighted by atomic mass is 14.9. The third-order valence-corrected chi connectivity index (χ3v) is 3.79. The minimum atomic E-state index is 0.853. The highest BCUT2D eigenvalue weighted by Crippen LogP contribution is 2.11. The van der Waals surface area contributed by atoms with Crippen molar-refractivity contribution in [3.63, 3.8) is 0 Å². The molecule has 0 unspecified atom stereocenters. The van der Waals surface area contributed by atoms with Gasteiger partial charge in [0.05, 0.1) is 0 Å². The number of anilines is 1. The summed E-state index contributed by atoms with van der Waals surface area (Å²) in [7, 11) is 0. The van der Waals surface area contributed by atoms with Crippen molar-refractivity contribution >= 4 is 5.69 Å². The highest BCUT2D eigenvalue weighted by molar-refractivity contribution is 5.43. The van der Waals surface area contributed by atoms with Crippen LogP contribution < -0.4 is 10.6 Å². The Morgan fingerprint density at radius 3 is 2.05 bits per heavy atom. The van der Waals surface area contributed by atoms with Crippen LogP contribution in [0, 0.1) is 0 Å². The van der Waals surface area contributed by atoms with E-state index in [0.717, 1.165) is 31.6 Å². The maximum absolute atomic E-state index is 3.47. The zero-order valence-electron chi connectivity index (χ0n) is 12.8. The van der Waals surface area contributed by atoms with E-state index in [1.807, 2.05) is 18.2 Å². The number of hydrogen-bond donors (Lipinski definition) is 2. The second kappa shape index (κ2) is 7.51. The van der Waals surface area contributed by atoms with Gasteiger partial charge in [0.25, 0.3) is 0 Å². The summed E-state index contributed by atoms with van der Waals surface area (Å²) < 4.78 is 0. The molecule has 2 aromatic carbocycles. The molecule has 112 valence electrons. The number of hydrogen-bond acceptors (Lipinski definition) is 2. The number of rotatable bonds is 6. The first-order valence-corrected chi connectivity index (χ1v) is 7.87. The van der Waals surface area contributed by atoms with Crippen molar-refractivity contribution in [2.45, 2.75) is 25.9 Å². The lowest BCUT2D eigenvalue weighted by Crippen LogP contribution is -2.12. The van der Waals surface area contributed by atoms with E-state index in [1.165, 1.54) is 16.8 Å². The molecule has 2 N–H and O–H groups in total. The molecule has 0 saturated carbocycles. The molecule has 3 rings (SSSR count). The van der Waals surface area contributed by atoms with Crippen molar-refractivity contribution in [2.75, 3.05) is 5.32 Å². The molecule has 0 aromatic heterocycles. The second-order valence-electron chi connectivity index (χ2n) is 5.53. The molecule has 0 atom stereocenters. The van der Waals surface area contributed by atoms with Crippen LogP contribution in [-0.4, -0.2) is 0 Å². The van der Waals surface area contributed by atoms with Crippen LogP contribution in [0.25, 0.3) is 0 Å². The predicted octanol–water partition coefficient (Wildman–Crippen LogP) is 4.62. The van der Waals surface area contributed by atoms with E-state index in [1.54, 1.807) is 0 Å². The van der Waals surface area contributed by atoms with Gasteiger partial charge in [0, 0.05) is 24.5 Å². The van der Waals surface area contributed by atoms with Gasteiger partial charge in [0.1, 0.15) is 0 Å². The first-order chi connectivity index (χ1) is 10.9. The molecule has 0 radical (unpaired) electrons. The van der Waals surface area contributed by atoms with Gasteiger partial charge in [-0.25, -0.2) is 0 Å². The average Bonchev–Trinajstić information content (AvgIpc) is 2.61. The lowest BCUT2D eigenvalue weighted by molar-refractivity contribution is 0.812. The maximum Gasteiger partial charge on any atom is 0.0400 e. The molecule has 22 heavy (non-hydrogen) atoms. The Morgan fingerprint density at radius 1 is 0.727 bits per heavy atom. The summed E-state index contributed by atoms with van der Waals surface area (Å²) in [6.45, 7) is 1.73. The van der Waals surface area contributed by atoms with Crippen molar-refractivity contribution in [3.05, 3.63) is 89.6 Å². The van der Waals surface area contributed by atoms with Crippen molar-refractivity contribution < 1.29 is 0 Å². The smallest absolute Gasteiger partial charge is 0.0400 e. The van der Waals surface area contributed by atoms with Crippen LogP contribution >= 0.6 is 0 Å². The topological polar surface area (TPSA) is 24.1 Å². The van der Waals surface area contributed by atoms with E-state index in [0.29, 0.717) is 0 Å². The maximum atomic E-state index is 3.47. The van der Waals surface area contributed by atoms with Crippen LogP contribution in [0.3, 0.4) is 0 Å². The van der Waals surface area contributed by atoms with E-state index in [-0.39, 0.29) is 0 Å². The molecular weight excluding hydrogens is 268 g/mol. The number of para-hydroxylation sites is 1. The fraction of sp³-hybridized carbons (Fsp3) is 0.200. The highest BCUT2D eigenvalue weighted by Gasteiger charge is 1.99. The molecule has 2 nitrogen and oxygen atoms in total. The van der Waals surface area contributed by atoms with Crippen LogP contribution in [0.4, 0.5) is 5.69 Å². The van der Waals surface area contributed by atoms with Crippen LogP contribution in [0.5, 0.6) is 0 Å². The van der Waals surface area contributed by atoms with E-state index < -0.39 is 0 Å². The first kappa shape index (κ1) is 14.5. The molecule has 0 spiro atoms. The Kier molecular flexibility index (Phi) is 4.93. The van der Waals surface area contributed by atoms with Crippen LogP contribution in [0.1, 0.15) is 24.0 Å². The Bertz CT molecular complexity index is 639. The molecule has 2 heteroatoms.